The molecule has 2 N–H and O–H groups in total. The van der Waals surface area contributed by atoms with Crippen molar-refractivity contribution >= 4 is 28.3 Å². The Labute approximate surface area is 205 Å². The summed E-state index contributed by atoms with van der Waals surface area (Å²) in [6.07, 6.45) is 7.64. The molecule has 1 heterocycles. The second kappa shape index (κ2) is 9.08. The van der Waals surface area contributed by atoms with E-state index in [1.165, 1.54) is 29.4 Å². The lowest BCUT2D eigenvalue weighted by Crippen LogP contribution is -2.45. The van der Waals surface area contributed by atoms with Crippen LogP contribution in [0.2, 0.25) is 0 Å². The van der Waals surface area contributed by atoms with Crippen molar-refractivity contribution in [2.45, 2.75) is 77.7 Å². The first-order valence-corrected chi connectivity index (χ1v) is 13.3. The number of aliphatic hydroxyl groups excluding tert-OH is 1. The molecular formula is C27H34N2O4S. The molecule has 0 aliphatic heterocycles. The molecule has 2 saturated carbocycles. The lowest BCUT2D eigenvalue weighted by Gasteiger charge is -2.51. The molecule has 3 aliphatic rings. The fourth-order valence-electron chi connectivity index (χ4n) is 7.25. The Morgan fingerprint density at radius 1 is 1.32 bits per heavy atom. The highest BCUT2D eigenvalue weighted by atomic mass is 32.1. The average molecular weight is 483 g/mol. The van der Waals surface area contributed by atoms with Crippen LogP contribution >= 0.6 is 11.3 Å². The molecule has 3 aliphatic carbocycles. The molecule has 2 fully saturated rings. The van der Waals surface area contributed by atoms with E-state index >= 15 is 0 Å². The molecule has 0 saturated heterocycles. The maximum atomic E-state index is 12.6. The number of amides is 1. The van der Waals surface area contributed by atoms with Gasteiger partial charge in [-0.1, -0.05) is 13.0 Å². The smallest absolute Gasteiger partial charge is 0.308 e. The molecule has 6 atom stereocenters. The summed E-state index contributed by atoms with van der Waals surface area (Å²) < 4.78 is 5.32. The van der Waals surface area contributed by atoms with Gasteiger partial charge in [0.05, 0.1) is 6.10 Å². The number of carbonyl (C=O) groups is 2. The quantitative estimate of drug-likeness (QED) is 0.449. The number of rotatable bonds is 5. The van der Waals surface area contributed by atoms with Crippen LogP contribution in [0.25, 0.3) is 0 Å². The monoisotopic (exact) mass is 482 g/mol. The summed E-state index contributed by atoms with van der Waals surface area (Å²) >= 11 is 1.49. The molecule has 3 unspecified atom stereocenters. The highest BCUT2D eigenvalue weighted by Gasteiger charge is 2.58. The van der Waals surface area contributed by atoms with Crippen LogP contribution < -0.4 is 10.1 Å². The predicted octanol–water partition coefficient (Wildman–Crippen LogP) is 5.24. The zero-order valence-corrected chi connectivity index (χ0v) is 21.0. The number of nitrogens with one attached hydrogen (secondary N) is 1. The number of nitrogens with zero attached hydrogens (tertiary/aromatic N) is 1. The van der Waals surface area contributed by atoms with E-state index in [0.29, 0.717) is 41.0 Å². The van der Waals surface area contributed by atoms with Gasteiger partial charge in [0.2, 0.25) is 5.91 Å². The summed E-state index contributed by atoms with van der Waals surface area (Å²) in [6, 6.07) is 6.10. The highest BCUT2D eigenvalue weighted by molar-refractivity contribution is 7.15. The van der Waals surface area contributed by atoms with E-state index in [1.807, 2.05) is 19.1 Å². The molecule has 6 nitrogen and oxygen atoms in total. The molecule has 1 aromatic carbocycles. The van der Waals surface area contributed by atoms with Crippen LogP contribution in [0.1, 0.15) is 74.3 Å². The van der Waals surface area contributed by atoms with Gasteiger partial charge in [0.15, 0.2) is 5.13 Å². The van der Waals surface area contributed by atoms with Gasteiger partial charge in [-0.2, -0.15) is 0 Å². The average Bonchev–Trinajstić information content (AvgIpc) is 3.31. The van der Waals surface area contributed by atoms with Crippen molar-refractivity contribution in [3.63, 3.8) is 0 Å². The summed E-state index contributed by atoms with van der Waals surface area (Å²) in [5, 5.41) is 14.7. The van der Waals surface area contributed by atoms with Crippen LogP contribution in [0.5, 0.6) is 5.75 Å². The second-order valence-corrected chi connectivity index (χ2v) is 11.9. The predicted molar refractivity (Wildman–Crippen MR) is 132 cm³/mol. The Bertz CT molecular complexity index is 1100. The Balaban J connectivity index is 1.32. The largest absolute Gasteiger partial charge is 0.427 e. The molecule has 34 heavy (non-hydrogen) atoms. The van der Waals surface area contributed by atoms with Crippen LogP contribution in [-0.4, -0.2) is 28.1 Å². The number of fused-ring (bicyclic) bond motifs is 5. The van der Waals surface area contributed by atoms with Crippen molar-refractivity contribution in [1.29, 1.82) is 0 Å². The summed E-state index contributed by atoms with van der Waals surface area (Å²) in [5.41, 5.74) is 2.59. The summed E-state index contributed by atoms with van der Waals surface area (Å²) in [5.74, 6) is 2.08. The molecule has 2 aromatic rings. The number of aliphatic hydroxyl groups is 1. The summed E-state index contributed by atoms with van der Waals surface area (Å²) in [4.78, 5) is 29.3. The zero-order valence-electron chi connectivity index (χ0n) is 20.2. The highest BCUT2D eigenvalue weighted by Crippen LogP contribution is 2.63. The standard InChI is InChI=1S/C27H34N2O4S/c1-15-14-28-26(34-15)29-24(32)9-5-18-13-23(31)27(3)11-10-21-20-8-6-19(33-16(2)30)12-17(20)4-7-22(21)25(18)27/h6,8,12,14,18,21-23,25,31H,4-5,7,9-11,13H2,1-3H3,(H,28,29,32)/t18-,21?,22?,23+,25?,27-/m1/s1. The number of carbonyl (C=O) groups excluding carboxylic acids is 2. The Morgan fingerprint density at radius 3 is 2.88 bits per heavy atom. The minimum atomic E-state index is -0.305. The summed E-state index contributed by atoms with van der Waals surface area (Å²) in [6.45, 7) is 5.69. The normalized spacial score (nSPS) is 31.8. The first-order valence-electron chi connectivity index (χ1n) is 12.5. The number of esters is 1. The van der Waals surface area contributed by atoms with Gasteiger partial charge < -0.3 is 15.2 Å². The van der Waals surface area contributed by atoms with Crippen LogP contribution in [0.15, 0.2) is 24.4 Å². The number of anilines is 1. The number of aromatic nitrogens is 1. The summed E-state index contributed by atoms with van der Waals surface area (Å²) in [7, 11) is 0. The Morgan fingerprint density at radius 2 is 2.15 bits per heavy atom. The molecule has 5 rings (SSSR count). The lowest BCUT2D eigenvalue weighted by molar-refractivity contribution is -0.131. The molecule has 1 amide bonds. The van der Waals surface area contributed by atoms with Gasteiger partial charge in [-0.15, -0.1) is 11.3 Å². The third kappa shape index (κ3) is 4.29. The minimum Gasteiger partial charge on any atom is -0.427 e. The zero-order chi connectivity index (χ0) is 24.0. The van der Waals surface area contributed by atoms with E-state index in [1.54, 1.807) is 6.20 Å². The Hall–Kier alpha value is -2.25. The maximum absolute atomic E-state index is 12.6. The van der Waals surface area contributed by atoms with E-state index in [-0.39, 0.29) is 23.4 Å². The number of thiazole rings is 1. The first kappa shape index (κ1) is 23.5. The van der Waals surface area contributed by atoms with E-state index < -0.39 is 0 Å². The van der Waals surface area contributed by atoms with E-state index in [0.717, 1.165) is 43.4 Å². The van der Waals surface area contributed by atoms with E-state index in [9.17, 15) is 14.7 Å². The molecule has 0 spiro atoms. The number of benzene rings is 1. The minimum absolute atomic E-state index is 0.0109. The van der Waals surface area contributed by atoms with Gasteiger partial charge in [-0.3, -0.25) is 9.59 Å². The van der Waals surface area contributed by atoms with Gasteiger partial charge in [0, 0.05) is 24.4 Å². The van der Waals surface area contributed by atoms with E-state index in [4.69, 9.17) is 4.74 Å². The van der Waals surface area contributed by atoms with Crippen LogP contribution in [-0.2, 0) is 16.0 Å². The molecule has 0 bridgehead atoms. The maximum Gasteiger partial charge on any atom is 0.308 e. The molecule has 0 radical (unpaired) electrons. The fourth-order valence-corrected chi connectivity index (χ4v) is 7.93. The van der Waals surface area contributed by atoms with Crippen molar-refractivity contribution in [2.24, 2.45) is 23.2 Å². The van der Waals surface area contributed by atoms with E-state index in [2.05, 4.69) is 23.3 Å². The third-order valence-electron chi connectivity index (χ3n) is 8.66. The number of ether oxygens (including phenoxy) is 1. The van der Waals surface area contributed by atoms with Crippen molar-refractivity contribution < 1.29 is 19.4 Å². The van der Waals surface area contributed by atoms with Crippen molar-refractivity contribution in [3.05, 3.63) is 40.4 Å². The van der Waals surface area contributed by atoms with Crippen molar-refractivity contribution in [2.75, 3.05) is 5.32 Å². The van der Waals surface area contributed by atoms with Crippen LogP contribution in [0.4, 0.5) is 5.13 Å². The Kier molecular flexibility index (Phi) is 6.27. The van der Waals surface area contributed by atoms with Crippen molar-refractivity contribution in [1.82, 2.24) is 4.98 Å². The molecule has 182 valence electrons. The van der Waals surface area contributed by atoms with Crippen LogP contribution in [0, 0.1) is 30.1 Å². The number of aryl methyl sites for hydroxylation is 2. The van der Waals surface area contributed by atoms with Crippen molar-refractivity contribution in [3.8, 4) is 5.75 Å². The SMILES string of the molecule is CC(=O)Oc1ccc2c(c1)CCC1C2CC[C@@]2(C)C1[C@H](CCC(=O)Nc1ncc(C)s1)C[C@@H]2O. The fraction of sp³-hybridized carbons (Fsp3) is 0.593. The van der Waals surface area contributed by atoms with Gasteiger partial charge in [0.25, 0.3) is 0 Å². The third-order valence-corrected chi connectivity index (χ3v) is 9.49. The first-order chi connectivity index (χ1) is 16.2. The lowest BCUT2D eigenvalue weighted by atomic mass is 9.53. The van der Waals surface area contributed by atoms with Gasteiger partial charge in [-0.05, 0) is 97.8 Å². The topological polar surface area (TPSA) is 88.5 Å². The van der Waals surface area contributed by atoms with Gasteiger partial charge >= 0.3 is 5.97 Å². The number of hydrogen-bond acceptors (Lipinski definition) is 6. The van der Waals surface area contributed by atoms with Gasteiger partial charge in [0.1, 0.15) is 5.75 Å². The number of hydrogen-bond donors (Lipinski definition) is 2. The van der Waals surface area contributed by atoms with Gasteiger partial charge in [-0.25, -0.2) is 4.98 Å². The van der Waals surface area contributed by atoms with Crippen LogP contribution in [0.3, 0.4) is 0 Å². The molecular weight excluding hydrogens is 448 g/mol. The second-order valence-electron chi connectivity index (χ2n) is 10.7. The molecule has 1 aromatic heterocycles. The molecule has 7 heteroatoms.